The Hall–Kier alpha value is -3.88. The van der Waals surface area contributed by atoms with E-state index in [2.05, 4.69) is 41.3 Å². The summed E-state index contributed by atoms with van der Waals surface area (Å²) in [6.45, 7) is 2.96. The number of sulfonamides is 1. The molecule has 190 valence electrons. The highest BCUT2D eigenvalue weighted by atomic mass is 32.2. The number of pyridine rings is 1. The van der Waals surface area contributed by atoms with Crippen LogP contribution in [0.5, 0.6) is 0 Å². The summed E-state index contributed by atoms with van der Waals surface area (Å²) in [6, 6.07) is 24.2. The van der Waals surface area contributed by atoms with Crippen LogP contribution in [0.1, 0.15) is 22.6 Å². The van der Waals surface area contributed by atoms with Gasteiger partial charge in [0.15, 0.2) is 0 Å². The fourth-order valence-corrected chi connectivity index (χ4v) is 8.00. The van der Waals surface area contributed by atoms with Gasteiger partial charge in [0.25, 0.3) is 0 Å². The summed E-state index contributed by atoms with van der Waals surface area (Å²) in [7, 11) is -3.66. The van der Waals surface area contributed by atoms with Gasteiger partial charge in [-0.3, -0.25) is 4.98 Å². The van der Waals surface area contributed by atoms with Gasteiger partial charge in [-0.25, -0.2) is 17.5 Å². The zero-order valence-corrected chi connectivity index (χ0v) is 21.5. The predicted molar refractivity (Wildman–Crippen MR) is 143 cm³/mol. The number of aryl methyl sites for hydroxylation is 1. The number of hydrogen-bond donors (Lipinski definition) is 0. The minimum Gasteiger partial charge on any atom is -0.263 e. The Morgan fingerprint density at radius 1 is 0.974 bits per heavy atom. The first-order valence-corrected chi connectivity index (χ1v) is 14.0. The first kappa shape index (κ1) is 23.3. The Bertz CT molecular complexity index is 1770. The average molecular weight is 525 g/mol. The average Bonchev–Trinajstić information content (AvgIpc) is 3.20. The van der Waals surface area contributed by atoms with Gasteiger partial charge >= 0.3 is 0 Å². The lowest BCUT2D eigenvalue weighted by atomic mass is 9.87. The number of rotatable bonds is 5. The Morgan fingerprint density at radius 2 is 1.76 bits per heavy atom. The van der Waals surface area contributed by atoms with Gasteiger partial charge in [0, 0.05) is 42.2 Å². The van der Waals surface area contributed by atoms with E-state index in [1.807, 2.05) is 29.1 Å². The summed E-state index contributed by atoms with van der Waals surface area (Å²) in [6.07, 6.45) is 4.83. The second-order valence-electron chi connectivity index (χ2n) is 10.3. The molecular formula is C30H25FN4O2S. The highest BCUT2D eigenvalue weighted by Crippen LogP contribution is 2.70. The SMILES string of the molecule is Cc1cc2c(cnn2-c2ccc(F)cc2)cc1C12CN(S(=O)(=O)c3cccnc3)CC1C2c1ccccc1. The Morgan fingerprint density at radius 3 is 2.50 bits per heavy atom. The van der Waals surface area contributed by atoms with Crippen molar-refractivity contribution in [3.63, 3.8) is 0 Å². The van der Waals surface area contributed by atoms with Crippen molar-refractivity contribution in [1.29, 1.82) is 0 Å². The summed E-state index contributed by atoms with van der Waals surface area (Å²) in [5.41, 5.74) is 4.87. The maximum atomic E-state index is 13.5. The van der Waals surface area contributed by atoms with Crippen LogP contribution in [0.15, 0.2) is 102 Å². The first-order chi connectivity index (χ1) is 18.4. The zero-order chi connectivity index (χ0) is 26.1. The number of fused-ring (bicyclic) bond motifs is 2. The van der Waals surface area contributed by atoms with Crippen molar-refractivity contribution in [2.75, 3.05) is 13.1 Å². The van der Waals surface area contributed by atoms with E-state index in [-0.39, 0.29) is 28.0 Å². The lowest BCUT2D eigenvalue weighted by molar-refractivity contribution is 0.421. The highest BCUT2D eigenvalue weighted by Gasteiger charge is 2.71. The van der Waals surface area contributed by atoms with Gasteiger partial charge in [-0.1, -0.05) is 30.3 Å². The third kappa shape index (κ3) is 3.37. The molecule has 0 radical (unpaired) electrons. The van der Waals surface area contributed by atoms with E-state index in [4.69, 9.17) is 0 Å². The van der Waals surface area contributed by atoms with Crippen molar-refractivity contribution in [3.8, 4) is 5.69 Å². The Kier molecular flexibility index (Phi) is 5.09. The van der Waals surface area contributed by atoms with Crippen LogP contribution in [0.2, 0.25) is 0 Å². The molecule has 7 rings (SSSR count). The van der Waals surface area contributed by atoms with Gasteiger partial charge < -0.3 is 0 Å². The molecule has 5 aromatic rings. The molecule has 38 heavy (non-hydrogen) atoms. The predicted octanol–water partition coefficient (Wildman–Crippen LogP) is 5.22. The van der Waals surface area contributed by atoms with E-state index < -0.39 is 10.0 Å². The molecule has 2 aromatic heterocycles. The lowest BCUT2D eigenvalue weighted by Gasteiger charge is -2.25. The van der Waals surface area contributed by atoms with E-state index >= 15 is 0 Å². The minimum atomic E-state index is -3.66. The van der Waals surface area contributed by atoms with E-state index in [1.165, 1.54) is 23.9 Å². The first-order valence-electron chi connectivity index (χ1n) is 12.6. The normalized spacial score (nSPS) is 23.0. The molecular weight excluding hydrogens is 499 g/mol. The highest BCUT2D eigenvalue weighted by molar-refractivity contribution is 7.89. The molecule has 0 N–H and O–H groups in total. The number of piperidine rings is 1. The van der Waals surface area contributed by atoms with Gasteiger partial charge in [-0.2, -0.15) is 9.40 Å². The fraction of sp³-hybridized carbons (Fsp3) is 0.200. The molecule has 0 spiro atoms. The zero-order valence-electron chi connectivity index (χ0n) is 20.7. The summed E-state index contributed by atoms with van der Waals surface area (Å²) in [5.74, 6) is 0.105. The van der Waals surface area contributed by atoms with Crippen molar-refractivity contribution < 1.29 is 12.8 Å². The number of nitrogens with zero attached hydrogens (tertiary/aromatic N) is 4. The van der Waals surface area contributed by atoms with Crippen LogP contribution in [0.4, 0.5) is 4.39 Å². The minimum absolute atomic E-state index is 0.166. The van der Waals surface area contributed by atoms with Crippen molar-refractivity contribution in [3.05, 3.63) is 120 Å². The van der Waals surface area contributed by atoms with Crippen LogP contribution in [-0.4, -0.2) is 40.6 Å². The van der Waals surface area contributed by atoms with Crippen LogP contribution in [0.25, 0.3) is 16.6 Å². The molecule has 1 aliphatic heterocycles. The summed E-state index contributed by atoms with van der Waals surface area (Å²) in [4.78, 5) is 4.26. The Labute approximate surface area is 220 Å². The molecule has 3 unspecified atom stereocenters. The van der Waals surface area contributed by atoms with Crippen LogP contribution >= 0.6 is 0 Å². The van der Waals surface area contributed by atoms with Gasteiger partial charge in [0.1, 0.15) is 10.7 Å². The molecule has 2 aliphatic rings. The second-order valence-corrected chi connectivity index (χ2v) is 12.2. The largest absolute Gasteiger partial charge is 0.263 e. The van der Waals surface area contributed by atoms with Gasteiger partial charge in [0.05, 0.1) is 17.4 Å². The molecule has 0 bridgehead atoms. The van der Waals surface area contributed by atoms with Gasteiger partial charge in [-0.15, -0.1) is 0 Å². The molecule has 3 atom stereocenters. The standard InChI is InChI=1S/C30H25FN4O2S/c1-20-14-28-22(16-33-35(28)24-11-9-23(31)10-12-24)15-26(20)30-19-34(38(36,37)25-8-5-13-32-17-25)18-27(30)29(30)21-6-3-2-4-7-21/h2-17,27,29H,18-19H2,1H3. The number of benzene rings is 3. The maximum Gasteiger partial charge on any atom is 0.244 e. The fourth-order valence-electron chi connectivity index (χ4n) is 6.52. The van der Waals surface area contributed by atoms with Crippen LogP contribution in [0, 0.1) is 18.7 Å². The molecule has 1 saturated heterocycles. The smallest absolute Gasteiger partial charge is 0.244 e. The second kappa shape index (κ2) is 8.31. The monoisotopic (exact) mass is 524 g/mol. The van der Waals surface area contributed by atoms with Crippen molar-refractivity contribution in [2.24, 2.45) is 5.92 Å². The number of hydrogen-bond acceptors (Lipinski definition) is 4. The number of halogens is 1. The molecule has 3 heterocycles. The van der Waals surface area contributed by atoms with E-state index in [9.17, 15) is 12.8 Å². The van der Waals surface area contributed by atoms with Crippen molar-refractivity contribution >= 4 is 20.9 Å². The van der Waals surface area contributed by atoms with Gasteiger partial charge in [-0.05, 0) is 78.1 Å². The maximum absolute atomic E-state index is 13.5. The molecule has 6 nitrogen and oxygen atoms in total. The Balaban J connectivity index is 1.33. The van der Waals surface area contributed by atoms with Crippen molar-refractivity contribution in [2.45, 2.75) is 23.2 Å². The molecule has 1 saturated carbocycles. The third-order valence-corrected chi connectivity index (χ3v) is 10.1. The molecule has 1 aliphatic carbocycles. The lowest BCUT2D eigenvalue weighted by Crippen LogP contribution is -2.34. The molecule has 0 amide bonds. The van der Waals surface area contributed by atoms with Crippen LogP contribution < -0.4 is 0 Å². The topological polar surface area (TPSA) is 68.1 Å². The summed E-state index contributed by atoms with van der Waals surface area (Å²) >= 11 is 0. The summed E-state index contributed by atoms with van der Waals surface area (Å²) < 4.78 is 44.0. The number of aromatic nitrogens is 3. The van der Waals surface area contributed by atoms with Crippen LogP contribution in [-0.2, 0) is 15.4 Å². The van der Waals surface area contributed by atoms with Crippen molar-refractivity contribution in [1.82, 2.24) is 19.1 Å². The van der Waals surface area contributed by atoms with E-state index in [1.54, 1.807) is 34.8 Å². The molecule has 8 heteroatoms. The van der Waals surface area contributed by atoms with Gasteiger partial charge in [0.2, 0.25) is 10.0 Å². The summed E-state index contributed by atoms with van der Waals surface area (Å²) in [5, 5.41) is 5.56. The van der Waals surface area contributed by atoms with E-state index in [0.29, 0.717) is 13.1 Å². The third-order valence-electron chi connectivity index (χ3n) is 8.27. The van der Waals surface area contributed by atoms with Crippen LogP contribution in [0.3, 0.4) is 0 Å². The quantitative estimate of drug-likeness (QED) is 0.316. The van der Waals surface area contributed by atoms with E-state index in [0.717, 1.165) is 27.7 Å². The molecule has 3 aromatic carbocycles. The molecule has 2 fully saturated rings.